The molecule has 27 heavy (non-hydrogen) atoms. The Balaban J connectivity index is 1.66. The molecule has 7 heteroatoms. The van der Waals surface area contributed by atoms with E-state index in [4.69, 9.17) is 15.2 Å². The fourth-order valence-corrected chi connectivity index (χ4v) is 4.93. The number of anilines is 1. The van der Waals surface area contributed by atoms with Crippen LogP contribution in [0.4, 0.5) is 5.00 Å². The van der Waals surface area contributed by atoms with E-state index in [2.05, 4.69) is 5.32 Å². The van der Waals surface area contributed by atoms with E-state index in [-0.39, 0.29) is 5.91 Å². The third kappa shape index (κ3) is 3.39. The summed E-state index contributed by atoms with van der Waals surface area (Å²) in [6.07, 6.45) is 4.71. The van der Waals surface area contributed by atoms with Crippen LogP contribution in [0.15, 0.2) is 12.1 Å². The number of thiophene rings is 1. The highest BCUT2D eigenvalue weighted by Crippen LogP contribution is 2.39. The van der Waals surface area contributed by atoms with Gasteiger partial charge in [0.1, 0.15) is 5.00 Å². The summed E-state index contributed by atoms with van der Waals surface area (Å²) in [5, 5.41) is 3.46. The second kappa shape index (κ2) is 7.23. The van der Waals surface area contributed by atoms with Crippen molar-refractivity contribution < 1.29 is 19.1 Å². The zero-order chi connectivity index (χ0) is 19.0. The number of fused-ring (bicyclic) bond motifs is 2. The highest BCUT2D eigenvalue weighted by molar-refractivity contribution is 7.17. The quantitative estimate of drug-likeness (QED) is 0.845. The molecule has 1 aromatic carbocycles. The standard InChI is InChI=1S/C20H22N2O4S/c1-11-9-14-15(26-8-4-7-25-14)10-13(11)19(24)22-20-17(18(21)23)12-5-2-3-6-16(12)27-20/h9-10H,2-8H2,1H3,(H2,21,23)(H,22,24). The molecule has 0 fully saturated rings. The second-order valence-electron chi connectivity index (χ2n) is 6.90. The Morgan fingerprint density at radius 2 is 1.78 bits per heavy atom. The number of amides is 2. The summed E-state index contributed by atoms with van der Waals surface area (Å²) in [6, 6.07) is 3.53. The molecule has 0 atom stereocenters. The van der Waals surface area contributed by atoms with Crippen molar-refractivity contribution in [3.63, 3.8) is 0 Å². The molecule has 0 spiro atoms. The normalized spacial score (nSPS) is 15.6. The van der Waals surface area contributed by atoms with Crippen molar-refractivity contribution in [2.75, 3.05) is 18.5 Å². The van der Waals surface area contributed by atoms with Gasteiger partial charge < -0.3 is 20.5 Å². The van der Waals surface area contributed by atoms with Crippen LogP contribution in [0.1, 0.15) is 56.0 Å². The molecule has 1 aliphatic carbocycles. The minimum Gasteiger partial charge on any atom is -0.490 e. The largest absolute Gasteiger partial charge is 0.490 e. The molecule has 2 aromatic rings. The minimum atomic E-state index is -0.486. The van der Waals surface area contributed by atoms with E-state index in [0.717, 1.165) is 48.1 Å². The molecule has 2 aliphatic rings. The van der Waals surface area contributed by atoms with Gasteiger partial charge in [-0.3, -0.25) is 9.59 Å². The molecule has 2 heterocycles. The summed E-state index contributed by atoms with van der Waals surface area (Å²) in [5.74, 6) is 0.471. The lowest BCUT2D eigenvalue weighted by molar-refractivity contribution is 0.100. The number of primary amides is 1. The lowest BCUT2D eigenvalue weighted by Gasteiger charge is -2.13. The average molecular weight is 386 g/mol. The maximum absolute atomic E-state index is 12.9. The van der Waals surface area contributed by atoms with Crippen LogP contribution in [-0.2, 0) is 12.8 Å². The Kier molecular flexibility index (Phi) is 4.78. The number of nitrogens with two attached hydrogens (primary N) is 1. The van der Waals surface area contributed by atoms with E-state index >= 15 is 0 Å². The molecule has 0 radical (unpaired) electrons. The zero-order valence-corrected chi connectivity index (χ0v) is 16.0. The topological polar surface area (TPSA) is 90.7 Å². The monoisotopic (exact) mass is 386 g/mol. The van der Waals surface area contributed by atoms with E-state index in [9.17, 15) is 9.59 Å². The van der Waals surface area contributed by atoms with E-state index < -0.39 is 5.91 Å². The third-order valence-electron chi connectivity index (χ3n) is 4.98. The van der Waals surface area contributed by atoms with Crippen LogP contribution in [-0.4, -0.2) is 25.0 Å². The van der Waals surface area contributed by atoms with Crippen molar-refractivity contribution in [1.29, 1.82) is 0 Å². The van der Waals surface area contributed by atoms with Crippen molar-refractivity contribution in [2.24, 2.45) is 5.73 Å². The number of carbonyl (C=O) groups is 2. The Morgan fingerprint density at radius 3 is 2.52 bits per heavy atom. The van der Waals surface area contributed by atoms with Crippen molar-refractivity contribution in [3.05, 3.63) is 39.3 Å². The van der Waals surface area contributed by atoms with Gasteiger partial charge in [0.15, 0.2) is 11.5 Å². The van der Waals surface area contributed by atoms with E-state index in [1.54, 1.807) is 6.07 Å². The van der Waals surface area contributed by atoms with Crippen molar-refractivity contribution in [2.45, 2.75) is 39.0 Å². The molecule has 4 rings (SSSR count). The highest BCUT2D eigenvalue weighted by atomic mass is 32.1. The smallest absolute Gasteiger partial charge is 0.256 e. The van der Waals surface area contributed by atoms with Crippen molar-refractivity contribution >= 4 is 28.2 Å². The lowest BCUT2D eigenvalue weighted by atomic mass is 9.95. The Morgan fingerprint density at radius 1 is 1.07 bits per heavy atom. The third-order valence-corrected chi connectivity index (χ3v) is 6.19. The molecular weight excluding hydrogens is 364 g/mol. The number of aryl methyl sites for hydroxylation is 2. The van der Waals surface area contributed by atoms with Gasteiger partial charge in [0.2, 0.25) is 0 Å². The SMILES string of the molecule is Cc1cc2c(cc1C(=O)Nc1sc3c(c1C(N)=O)CCCC3)OCCCO2. The van der Waals surface area contributed by atoms with Gasteiger partial charge in [-0.1, -0.05) is 0 Å². The molecule has 1 aliphatic heterocycles. The number of benzene rings is 1. The van der Waals surface area contributed by atoms with Crippen LogP contribution >= 0.6 is 11.3 Å². The van der Waals surface area contributed by atoms with Crippen LogP contribution in [0.25, 0.3) is 0 Å². The Hall–Kier alpha value is -2.54. The van der Waals surface area contributed by atoms with E-state index in [1.807, 2.05) is 13.0 Å². The molecule has 0 saturated heterocycles. The first-order valence-corrected chi connectivity index (χ1v) is 10.0. The van der Waals surface area contributed by atoms with Crippen LogP contribution in [0.3, 0.4) is 0 Å². The van der Waals surface area contributed by atoms with E-state index in [0.29, 0.717) is 40.8 Å². The van der Waals surface area contributed by atoms with Gasteiger partial charge in [0.05, 0.1) is 18.8 Å². The van der Waals surface area contributed by atoms with Crippen LogP contribution < -0.4 is 20.5 Å². The fraction of sp³-hybridized carbons (Fsp3) is 0.400. The summed E-state index contributed by atoms with van der Waals surface area (Å²) >= 11 is 1.46. The number of nitrogens with one attached hydrogen (secondary N) is 1. The van der Waals surface area contributed by atoms with Gasteiger partial charge in [-0.05, 0) is 55.9 Å². The maximum atomic E-state index is 12.9. The summed E-state index contributed by atoms with van der Waals surface area (Å²) < 4.78 is 11.4. The Bertz CT molecular complexity index is 919. The average Bonchev–Trinajstić information content (AvgIpc) is 2.84. The zero-order valence-electron chi connectivity index (χ0n) is 15.2. The highest BCUT2D eigenvalue weighted by Gasteiger charge is 2.26. The Labute approximate surface area is 161 Å². The van der Waals surface area contributed by atoms with Gasteiger partial charge in [-0.15, -0.1) is 11.3 Å². The van der Waals surface area contributed by atoms with Crippen LogP contribution in [0, 0.1) is 6.92 Å². The van der Waals surface area contributed by atoms with Crippen molar-refractivity contribution in [1.82, 2.24) is 0 Å². The molecule has 2 amide bonds. The first-order valence-electron chi connectivity index (χ1n) is 9.20. The first-order chi connectivity index (χ1) is 13.0. The van der Waals surface area contributed by atoms with Gasteiger partial charge in [-0.2, -0.15) is 0 Å². The maximum Gasteiger partial charge on any atom is 0.256 e. The van der Waals surface area contributed by atoms with Gasteiger partial charge in [0, 0.05) is 16.9 Å². The second-order valence-corrected chi connectivity index (χ2v) is 8.00. The van der Waals surface area contributed by atoms with Crippen LogP contribution in [0.5, 0.6) is 11.5 Å². The molecule has 1 aromatic heterocycles. The summed E-state index contributed by atoms with van der Waals surface area (Å²) in [4.78, 5) is 26.1. The number of hydrogen-bond acceptors (Lipinski definition) is 5. The summed E-state index contributed by atoms with van der Waals surface area (Å²) in [6.45, 7) is 3.01. The number of rotatable bonds is 3. The predicted octanol–water partition coefficient (Wildman–Crippen LogP) is 3.45. The summed E-state index contributed by atoms with van der Waals surface area (Å²) in [7, 11) is 0. The molecule has 3 N–H and O–H groups in total. The molecule has 6 nitrogen and oxygen atoms in total. The van der Waals surface area contributed by atoms with Gasteiger partial charge >= 0.3 is 0 Å². The molecule has 0 bridgehead atoms. The first kappa shape index (κ1) is 17.9. The van der Waals surface area contributed by atoms with Gasteiger partial charge in [-0.25, -0.2) is 0 Å². The predicted molar refractivity (Wildman–Crippen MR) is 104 cm³/mol. The van der Waals surface area contributed by atoms with Crippen molar-refractivity contribution in [3.8, 4) is 11.5 Å². The number of carbonyl (C=O) groups excluding carboxylic acids is 2. The van der Waals surface area contributed by atoms with Gasteiger partial charge in [0.25, 0.3) is 11.8 Å². The van der Waals surface area contributed by atoms with E-state index in [1.165, 1.54) is 11.3 Å². The molecule has 0 saturated carbocycles. The number of hydrogen-bond donors (Lipinski definition) is 2. The number of ether oxygens (including phenoxy) is 2. The van der Waals surface area contributed by atoms with Crippen LogP contribution in [0.2, 0.25) is 0 Å². The lowest BCUT2D eigenvalue weighted by Crippen LogP contribution is -2.19. The minimum absolute atomic E-state index is 0.274. The molecule has 0 unspecified atom stereocenters. The molecule has 142 valence electrons. The molecular formula is C20H22N2O4S. The summed E-state index contributed by atoms with van der Waals surface area (Å²) in [5.41, 5.74) is 8.38. The fourth-order valence-electron chi connectivity index (χ4n) is 3.64.